The van der Waals surface area contributed by atoms with Crippen LogP contribution in [0.15, 0.2) is 239 Å². The lowest BCUT2D eigenvalue weighted by Crippen LogP contribution is -2.50. The van der Waals surface area contributed by atoms with Crippen molar-refractivity contribution in [3.8, 4) is 33.4 Å². The van der Waals surface area contributed by atoms with Gasteiger partial charge in [-0.1, -0.05) is 73.9 Å². The van der Waals surface area contributed by atoms with Crippen LogP contribution < -0.4 is 32.3 Å². The normalized spacial score (nSPS) is 15.4. The van der Waals surface area contributed by atoms with Crippen molar-refractivity contribution in [3.63, 3.8) is 0 Å². The predicted octanol–water partition coefficient (Wildman–Crippen LogP) is 19.3. The van der Waals surface area contributed by atoms with Crippen molar-refractivity contribution in [2.45, 2.75) is 168 Å². The first-order chi connectivity index (χ1) is 63.5. The Bertz CT molecular complexity index is 6550. The number of benzene rings is 6. The molecular formula is C104H118N20O8. The highest BCUT2D eigenvalue weighted by Crippen LogP contribution is 2.43. The van der Waals surface area contributed by atoms with E-state index in [4.69, 9.17) is 35.3 Å². The van der Waals surface area contributed by atoms with E-state index < -0.39 is 47.5 Å². The van der Waals surface area contributed by atoms with Crippen LogP contribution in [0, 0.1) is 17.8 Å². The van der Waals surface area contributed by atoms with Crippen LogP contribution in [0.25, 0.3) is 99.2 Å². The minimum atomic E-state index is -1.09. The summed E-state index contributed by atoms with van der Waals surface area (Å²) in [5.41, 5.74) is 26.3. The fourth-order valence-corrected chi connectivity index (χ4v) is 18.1. The highest BCUT2D eigenvalue weighted by molar-refractivity contribution is 6.00. The summed E-state index contributed by atoms with van der Waals surface area (Å²) >= 11 is 0. The fraction of sp³-hybridized carbons (Fsp3) is 0.346. The number of nitrogens with zero attached hydrogens (tertiary/aromatic N) is 14. The number of pyridine rings is 3. The topological polar surface area (TPSA) is 347 Å². The van der Waals surface area contributed by atoms with Crippen molar-refractivity contribution in [2.75, 3.05) is 42.1 Å². The third kappa shape index (κ3) is 22.8. The number of nitrogens with two attached hydrogens (primary N) is 1. The molecule has 28 nitrogen and oxygen atoms in total. The van der Waals surface area contributed by atoms with Crippen LogP contribution in [0.3, 0.4) is 0 Å². The minimum absolute atomic E-state index is 0.0206. The molecule has 28 heteroatoms. The number of ether oxygens (including phenoxy) is 2. The quantitative estimate of drug-likeness (QED) is 0.0373. The van der Waals surface area contributed by atoms with Gasteiger partial charge in [0.1, 0.15) is 23.3 Å². The predicted molar refractivity (Wildman–Crippen MR) is 520 cm³/mol. The zero-order valence-corrected chi connectivity index (χ0v) is 77.0. The van der Waals surface area contributed by atoms with Crippen LogP contribution in [0.5, 0.6) is 0 Å². The second-order valence-electron chi connectivity index (χ2n) is 36.8. The molecule has 0 radical (unpaired) electrons. The Kier molecular flexibility index (Phi) is 28.9. The lowest BCUT2D eigenvalue weighted by Gasteiger charge is -2.38. The van der Waals surface area contributed by atoms with Gasteiger partial charge < -0.3 is 70.4 Å². The number of nitrogens with one attached hydrogen (secondary N) is 5. The second kappa shape index (κ2) is 41.2. The standard InChI is InChI=1S/C36H41N7O3.C31H33N7O.C29H29N5.C8H15NO4/c1-23(40-35(45)46-36(2,3)4)34(44)43-17-11-25(12-18-43)32(27-7-6-13-37-22-27)41-28-20-29(33-30(21-28)38-14-15-39-33)26-9-8-24-10-16-42(5)31(24)19-26;1-20(32)31(39)38-14-8-22(9-15-38)29(24-4-3-10-33-19-24)36-25-17-26(30-27(18-25)34-11-12-35-30)23-6-5-21-7-13-37(2)28(21)16-23;1-34-15-11-20-9-10-22(16-27(20)34)25-17-24(18-26-29(25)32-14-13-31-26)33-28(21-6-3-2-4-7-21)23-8-5-12-30-19-23;1-5(6(10)11)9-7(12)13-8(2,3)4/h6-10,13-16,19-23,25,32,41H,11-12,17-18H2,1-5H3,(H,40,45);3-7,10-13,16-20,22,29,36H,8-9,14-15,32H2,1-2H3;5,8-19,21,28,33H,2-4,6-7H2,1H3;5H,1-4H3,(H,9,12)(H,10,11). The van der Waals surface area contributed by atoms with Gasteiger partial charge in [0, 0.05) is 191 Å². The molecule has 8 N–H and O–H groups in total. The fourth-order valence-electron chi connectivity index (χ4n) is 18.1. The molecule has 15 aromatic rings. The Balaban J connectivity index is 0.000000143. The minimum Gasteiger partial charge on any atom is -0.480 e. The number of likely N-dealkylation sites (tertiary alicyclic amines) is 2. The first kappa shape index (κ1) is 92.4. The monoisotopic (exact) mass is 1770 g/mol. The summed E-state index contributed by atoms with van der Waals surface area (Å²) in [6.07, 6.45) is 36.5. The molecule has 6 aromatic carbocycles. The number of amides is 4. The van der Waals surface area contributed by atoms with Crippen LogP contribution in [0.2, 0.25) is 0 Å². The molecule has 11 heterocycles. The average molecular weight is 1780 g/mol. The van der Waals surface area contributed by atoms with Gasteiger partial charge in [-0.05, 0) is 259 Å². The van der Waals surface area contributed by atoms with E-state index in [1.165, 1.54) is 71.8 Å². The molecule has 132 heavy (non-hydrogen) atoms. The molecular weight excluding hydrogens is 1660 g/mol. The number of piperidine rings is 2. The van der Waals surface area contributed by atoms with E-state index in [1.807, 2.05) is 52.8 Å². The maximum atomic E-state index is 13.2. The molecule has 0 bridgehead atoms. The molecule has 3 aliphatic rings. The van der Waals surface area contributed by atoms with E-state index >= 15 is 0 Å². The van der Waals surface area contributed by atoms with Crippen molar-refractivity contribution in [2.24, 2.45) is 44.6 Å². The molecule has 1 saturated carbocycles. The van der Waals surface area contributed by atoms with E-state index in [0.717, 1.165) is 126 Å². The van der Waals surface area contributed by atoms with Crippen molar-refractivity contribution < 1.29 is 38.6 Å². The number of hydrogen-bond acceptors (Lipinski definition) is 20. The number of carbonyl (C=O) groups is 5. The summed E-state index contributed by atoms with van der Waals surface area (Å²) in [6.45, 7) is 17.9. The van der Waals surface area contributed by atoms with Crippen molar-refractivity contribution >= 4 is 113 Å². The Labute approximate surface area is 769 Å². The molecule has 2 aliphatic heterocycles. The Morgan fingerprint density at radius 3 is 1.05 bits per heavy atom. The molecule has 1 aliphatic carbocycles. The van der Waals surface area contributed by atoms with Crippen LogP contribution in [0.4, 0.5) is 26.7 Å². The van der Waals surface area contributed by atoms with Gasteiger partial charge in [0.15, 0.2) is 0 Å². The van der Waals surface area contributed by atoms with Crippen molar-refractivity contribution in [3.05, 3.63) is 255 Å². The number of carboxylic acid groups (broad SMARTS) is 1. The van der Waals surface area contributed by atoms with Gasteiger partial charge in [0.05, 0.1) is 57.3 Å². The van der Waals surface area contributed by atoms with Gasteiger partial charge in [0.2, 0.25) is 11.8 Å². The maximum absolute atomic E-state index is 13.2. The molecule has 0 spiro atoms. The third-order valence-electron chi connectivity index (χ3n) is 24.8. The Hall–Kier alpha value is -14.3. The Morgan fingerprint density at radius 1 is 0.402 bits per heavy atom. The summed E-state index contributed by atoms with van der Waals surface area (Å²) in [7, 11) is 6.20. The number of alkyl carbamates (subject to hydrolysis) is 2. The number of aliphatic carboxylic acids is 1. The van der Waals surface area contributed by atoms with E-state index in [0.29, 0.717) is 38.0 Å². The highest BCUT2D eigenvalue weighted by atomic mass is 16.6. The van der Waals surface area contributed by atoms with E-state index in [9.17, 15) is 24.0 Å². The zero-order valence-electron chi connectivity index (χ0n) is 77.0. The largest absolute Gasteiger partial charge is 0.480 e. The number of hydrogen-bond donors (Lipinski definition) is 7. The smallest absolute Gasteiger partial charge is 0.408 e. The average Bonchev–Trinajstić information content (AvgIpc) is 1.38. The molecule has 18 rings (SSSR count). The van der Waals surface area contributed by atoms with E-state index in [1.54, 1.807) is 105 Å². The summed E-state index contributed by atoms with van der Waals surface area (Å²) in [5.74, 6) is -0.0184. The highest BCUT2D eigenvalue weighted by Gasteiger charge is 2.35. The second-order valence-corrected chi connectivity index (χ2v) is 36.8. The van der Waals surface area contributed by atoms with Gasteiger partial charge >= 0.3 is 18.2 Å². The first-order valence-electron chi connectivity index (χ1n) is 45.5. The summed E-state index contributed by atoms with van der Waals surface area (Å²) in [4.78, 5) is 104. The van der Waals surface area contributed by atoms with Gasteiger partial charge in [0.25, 0.3) is 0 Å². The van der Waals surface area contributed by atoms with Gasteiger partial charge in [-0.15, -0.1) is 0 Å². The Morgan fingerprint density at radius 2 is 0.727 bits per heavy atom. The number of aromatic nitrogens is 12. The third-order valence-corrected chi connectivity index (χ3v) is 24.8. The van der Waals surface area contributed by atoms with Crippen molar-refractivity contribution in [1.82, 2.24) is 79.0 Å². The van der Waals surface area contributed by atoms with Crippen molar-refractivity contribution in [1.29, 1.82) is 0 Å². The van der Waals surface area contributed by atoms with E-state index in [2.05, 4.69) is 237 Å². The number of anilines is 3. The first-order valence-corrected chi connectivity index (χ1v) is 45.5. The summed E-state index contributed by atoms with van der Waals surface area (Å²) in [6, 6.07) is 49.4. The van der Waals surface area contributed by atoms with Crippen LogP contribution in [-0.2, 0) is 45.0 Å². The van der Waals surface area contributed by atoms with Gasteiger partial charge in [-0.25, -0.2) is 9.59 Å². The molecule has 4 amide bonds. The van der Waals surface area contributed by atoms with Gasteiger partial charge in [-0.2, -0.15) is 0 Å². The SMILES string of the molecule is CC(N)C(=O)N1CCC(C(Nc2cc(-c3ccc4ccn(C)c4c3)c3nccnc3c2)c2cccnc2)CC1.CC(NC(=O)OC(C)(C)C)C(=O)N1CCC(C(Nc2cc(-c3ccc4ccn(C)c4c3)c3nccnc3c2)c2cccnc2)CC1.CC(NC(=O)OC(C)(C)C)C(=O)O.Cn1ccc2ccc(-c3cc(NC(c4cccnc4)C4CCCCC4)cc4nccnc34)cc21. The zero-order chi connectivity index (χ0) is 92.9. The van der Waals surface area contributed by atoms with E-state index in [-0.39, 0.29) is 35.9 Å². The molecule has 2 saturated heterocycles. The lowest BCUT2D eigenvalue weighted by atomic mass is 9.81. The summed E-state index contributed by atoms with van der Waals surface area (Å²) in [5, 5.41) is 28.5. The molecule has 682 valence electrons. The number of rotatable bonds is 20. The molecule has 6 atom stereocenters. The number of aryl methyl sites for hydroxylation is 3. The van der Waals surface area contributed by atoms with Crippen LogP contribution in [0.1, 0.15) is 155 Å². The van der Waals surface area contributed by atoms with Crippen LogP contribution in [-0.4, -0.2) is 159 Å². The van der Waals surface area contributed by atoms with Crippen LogP contribution >= 0.6 is 0 Å². The lowest BCUT2D eigenvalue weighted by molar-refractivity contribution is -0.139. The number of carbonyl (C=O) groups excluding carboxylic acids is 4. The van der Waals surface area contributed by atoms with Gasteiger partial charge in [-0.3, -0.25) is 59.2 Å². The molecule has 3 fully saturated rings. The molecule has 6 unspecified atom stereocenters. The maximum Gasteiger partial charge on any atom is 0.408 e. The molecule has 9 aromatic heterocycles. The number of fused-ring (bicyclic) bond motifs is 6. The number of carboxylic acids is 1. The summed E-state index contributed by atoms with van der Waals surface area (Å²) < 4.78 is 16.6.